The lowest BCUT2D eigenvalue weighted by Gasteiger charge is -2.10. The Balaban J connectivity index is 1.79. The van der Waals surface area contributed by atoms with Crippen molar-refractivity contribution < 1.29 is 9.59 Å². The van der Waals surface area contributed by atoms with Gasteiger partial charge in [-0.15, -0.1) is 0 Å². The molecule has 3 aromatic rings. The van der Waals surface area contributed by atoms with Crippen molar-refractivity contribution in [2.45, 2.75) is 0 Å². The molecule has 0 aliphatic carbocycles. The number of hydrogen-bond donors (Lipinski definition) is 2. The van der Waals surface area contributed by atoms with Gasteiger partial charge in [0.25, 0.3) is 0 Å². The molecule has 4 nitrogen and oxygen atoms in total. The summed E-state index contributed by atoms with van der Waals surface area (Å²) < 4.78 is 0. The highest BCUT2D eigenvalue weighted by Crippen LogP contribution is 2.26. The smallest absolute Gasteiger partial charge is 0.314 e. The molecule has 120 valence electrons. The average Bonchev–Trinajstić information content (AvgIpc) is 2.58. The highest BCUT2D eigenvalue weighted by Gasteiger charge is 2.16. The van der Waals surface area contributed by atoms with Gasteiger partial charge in [-0.1, -0.05) is 59.6 Å². The van der Waals surface area contributed by atoms with Gasteiger partial charge < -0.3 is 10.6 Å². The summed E-state index contributed by atoms with van der Waals surface area (Å²) in [6.45, 7) is 0. The first kappa shape index (κ1) is 16.3. The molecule has 2 amide bonds. The second-order valence-electron chi connectivity index (χ2n) is 5.06. The molecule has 2 N–H and O–H groups in total. The number of halogens is 2. The fraction of sp³-hybridized carbons (Fsp3) is 0. The lowest BCUT2D eigenvalue weighted by molar-refractivity contribution is -0.132. The standard InChI is InChI=1S/C18H12Cl2N2O2/c19-12-8-9-14(20)16(10-12)22-18(24)17(23)21-15-7-3-5-11-4-1-2-6-13(11)15/h1-10H,(H,21,23)(H,22,24). The van der Waals surface area contributed by atoms with E-state index in [0.29, 0.717) is 15.7 Å². The second kappa shape index (κ2) is 6.91. The highest BCUT2D eigenvalue weighted by molar-refractivity contribution is 6.45. The van der Waals surface area contributed by atoms with Gasteiger partial charge in [-0.2, -0.15) is 0 Å². The fourth-order valence-corrected chi connectivity index (χ4v) is 2.62. The summed E-state index contributed by atoms with van der Waals surface area (Å²) in [6, 6.07) is 17.7. The van der Waals surface area contributed by atoms with Crippen LogP contribution in [0.4, 0.5) is 11.4 Å². The van der Waals surface area contributed by atoms with Crippen molar-refractivity contribution in [2.24, 2.45) is 0 Å². The summed E-state index contributed by atoms with van der Waals surface area (Å²) in [6.07, 6.45) is 0. The normalized spacial score (nSPS) is 10.4. The van der Waals surface area contributed by atoms with Crippen LogP contribution in [-0.4, -0.2) is 11.8 Å². The van der Waals surface area contributed by atoms with Gasteiger partial charge >= 0.3 is 11.8 Å². The molecule has 0 heterocycles. The lowest BCUT2D eigenvalue weighted by atomic mass is 10.1. The van der Waals surface area contributed by atoms with E-state index in [4.69, 9.17) is 23.2 Å². The Kier molecular flexibility index (Phi) is 4.69. The maximum absolute atomic E-state index is 12.2. The molecule has 0 unspecified atom stereocenters. The molecular weight excluding hydrogens is 347 g/mol. The summed E-state index contributed by atoms with van der Waals surface area (Å²) in [7, 11) is 0. The van der Waals surface area contributed by atoms with Gasteiger partial charge in [0.05, 0.1) is 10.7 Å². The third-order valence-electron chi connectivity index (χ3n) is 3.42. The van der Waals surface area contributed by atoms with Gasteiger partial charge in [-0.25, -0.2) is 0 Å². The number of fused-ring (bicyclic) bond motifs is 1. The van der Waals surface area contributed by atoms with Crippen molar-refractivity contribution in [1.29, 1.82) is 0 Å². The van der Waals surface area contributed by atoms with Gasteiger partial charge in [-0.3, -0.25) is 9.59 Å². The first-order valence-corrected chi connectivity index (χ1v) is 7.85. The Morgan fingerprint density at radius 3 is 2.21 bits per heavy atom. The summed E-state index contributed by atoms with van der Waals surface area (Å²) in [5, 5.41) is 7.58. The number of nitrogens with one attached hydrogen (secondary N) is 2. The molecule has 3 aromatic carbocycles. The molecule has 0 aliphatic heterocycles. The van der Waals surface area contributed by atoms with E-state index >= 15 is 0 Å². The summed E-state index contributed by atoms with van der Waals surface area (Å²) in [5.74, 6) is -1.62. The predicted molar refractivity (Wildman–Crippen MR) is 97.7 cm³/mol. The quantitative estimate of drug-likeness (QED) is 0.651. The van der Waals surface area contributed by atoms with Crippen molar-refractivity contribution in [3.05, 3.63) is 70.7 Å². The largest absolute Gasteiger partial charge is 0.317 e. The molecule has 0 atom stereocenters. The van der Waals surface area contributed by atoms with E-state index < -0.39 is 11.8 Å². The zero-order chi connectivity index (χ0) is 17.1. The van der Waals surface area contributed by atoms with Gasteiger partial charge in [0.15, 0.2) is 0 Å². The van der Waals surface area contributed by atoms with Crippen molar-refractivity contribution in [3.8, 4) is 0 Å². The Morgan fingerprint density at radius 2 is 1.42 bits per heavy atom. The van der Waals surface area contributed by atoms with E-state index in [1.54, 1.807) is 18.2 Å². The van der Waals surface area contributed by atoms with Crippen LogP contribution in [0.25, 0.3) is 10.8 Å². The van der Waals surface area contributed by atoms with Crippen molar-refractivity contribution in [3.63, 3.8) is 0 Å². The van der Waals surface area contributed by atoms with Crippen LogP contribution in [0.5, 0.6) is 0 Å². The first-order valence-electron chi connectivity index (χ1n) is 7.10. The van der Waals surface area contributed by atoms with E-state index in [2.05, 4.69) is 10.6 Å². The number of anilines is 2. The number of hydrogen-bond acceptors (Lipinski definition) is 2. The molecular formula is C18H12Cl2N2O2. The van der Waals surface area contributed by atoms with Crippen LogP contribution in [0, 0.1) is 0 Å². The summed E-state index contributed by atoms with van der Waals surface area (Å²) in [4.78, 5) is 24.2. The highest BCUT2D eigenvalue weighted by atomic mass is 35.5. The Labute approximate surface area is 148 Å². The van der Waals surface area contributed by atoms with Gasteiger partial charge in [0.1, 0.15) is 0 Å². The van der Waals surface area contributed by atoms with E-state index in [1.165, 1.54) is 6.07 Å². The van der Waals surface area contributed by atoms with Crippen LogP contribution in [0.1, 0.15) is 0 Å². The molecule has 0 aliphatic rings. The average molecular weight is 359 g/mol. The number of carbonyl (C=O) groups is 2. The monoisotopic (exact) mass is 358 g/mol. The molecule has 6 heteroatoms. The van der Waals surface area contributed by atoms with Crippen molar-refractivity contribution >= 4 is 57.2 Å². The zero-order valence-electron chi connectivity index (χ0n) is 12.3. The van der Waals surface area contributed by atoms with Crippen molar-refractivity contribution in [1.82, 2.24) is 0 Å². The van der Waals surface area contributed by atoms with Gasteiger partial charge in [0, 0.05) is 16.1 Å². The third-order valence-corrected chi connectivity index (χ3v) is 3.99. The van der Waals surface area contributed by atoms with Crippen LogP contribution in [0.2, 0.25) is 10.0 Å². The van der Waals surface area contributed by atoms with Crippen LogP contribution in [0.15, 0.2) is 60.7 Å². The van der Waals surface area contributed by atoms with Crippen LogP contribution < -0.4 is 10.6 Å². The summed E-state index contributed by atoms with van der Waals surface area (Å²) >= 11 is 11.8. The van der Waals surface area contributed by atoms with Gasteiger partial charge in [0.2, 0.25) is 0 Å². The Bertz CT molecular complexity index is 936. The number of benzene rings is 3. The van der Waals surface area contributed by atoms with E-state index in [0.717, 1.165) is 10.8 Å². The molecule has 24 heavy (non-hydrogen) atoms. The van der Waals surface area contributed by atoms with Gasteiger partial charge in [-0.05, 0) is 29.7 Å². The van der Waals surface area contributed by atoms with E-state index in [1.807, 2.05) is 36.4 Å². The first-order chi connectivity index (χ1) is 11.5. The Morgan fingerprint density at radius 1 is 0.750 bits per heavy atom. The van der Waals surface area contributed by atoms with E-state index in [-0.39, 0.29) is 5.69 Å². The minimum absolute atomic E-state index is 0.280. The summed E-state index contributed by atoms with van der Waals surface area (Å²) in [5.41, 5.74) is 0.840. The Hall–Kier alpha value is -2.56. The van der Waals surface area contributed by atoms with Crippen LogP contribution >= 0.6 is 23.2 Å². The van der Waals surface area contributed by atoms with Crippen LogP contribution in [0.3, 0.4) is 0 Å². The number of carbonyl (C=O) groups excluding carboxylic acids is 2. The topological polar surface area (TPSA) is 58.2 Å². The molecule has 0 radical (unpaired) electrons. The SMILES string of the molecule is O=C(Nc1cc(Cl)ccc1Cl)C(=O)Nc1cccc2ccccc12. The molecule has 0 spiro atoms. The van der Waals surface area contributed by atoms with E-state index in [9.17, 15) is 9.59 Å². The molecule has 0 saturated heterocycles. The zero-order valence-corrected chi connectivity index (χ0v) is 13.9. The molecule has 3 rings (SSSR count). The minimum Gasteiger partial charge on any atom is -0.317 e. The molecule has 0 bridgehead atoms. The maximum Gasteiger partial charge on any atom is 0.314 e. The third kappa shape index (κ3) is 3.50. The molecule has 0 fully saturated rings. The number of rotatable bonds is 2. The van der Waals surface area contributed by atoms with Crippen molar-refractivity contribution in [2.75, 3.05) is 10.6 Å². The predicted octanol–water partition coefficient (Wildman–Crippen LogP) is 4.72. The molecule has 0 saturated carbocycles. The number of amides is 2. The molecule has 0 aromatic heterocycles. The van der Waals surface area contributed by atoms with Crippen LogP contribution in [-0.2, 0) is 9.59 Å². The fourth-order valence-electron chi connectivity index (χ4n) is 2.29. The maximum atomic E-state index is 12.2. The minimum atomic E-state index is -0.827. The second-order valence-corrected chi connectivity index (χ2v) is 5.90. The lowest BCUT2D eigenvalue weighted by Crippen LogP contribution is -2.29.